The van der Waals surface area contributed by atoms with Gasteiger partial charge in [-0.15, -0.1) is 0 Å². The summed E-state index contributed by atoms with van der Waals surface area (Å²) in [4.78, 5) is 0. The molecule has 3 heteroatoms. The van der Waals surface area contributed by atoms with E-state index in [4.69, 9.17) is 5.10 Å². The van der Waals surface area contributed by atoms with Gasteiger partial charge in [-0.25, -0.2) is 4.68 Å². The number of hydrogen-bond acceptors (Lipinski definition) is 2. The number of aryl methyl sites for hydroxylation is 3. The van der Waals surface area contributed by atoms with Crippen molar-refractivity contribution in [1.29, 1.82) is 0 Å². The summed E-state index contributed by atoms with van der Waals surface area (Å²) in [6.07, 6.45) is 0.0154. The molecule has 0 fully saturated rings. The monoisotopic (exact) mass is 345 g/mol. The summed E-state index contributed by atoms with van der Waals surface area (Å²) < 4.78 is 2.13. The van der Waals surface area contributed by atoms with E-state index in [1.54, 1.807) is 0 Å². The smallest absolute Gasteiger partial charge is 0.147 e. The van der Waals surface area contributed by atoms with Gasteiger partial charge in [0, 0.05) is 11.3 Å². The van der Waals surface area contributed by atoms with Crippen LogP contribution in [0.2, 0.25) is 0 Å². The molecule has 1 unspecified atom stereocenters. The van der Waals surface area contributed by atoms with Crippen molar-refractivity contribution in [1.82, 2.24) is 9.78 Å². The van der Waals surface area contributed by atoms with Crippen LogP contribution in [0.15, 0.2) is 42.5 Å². The minimum atomic E-state index is 0.0154. The normalized spacial score (nSPS) is 16.0. The van der Waals surface area contributed by atoms with Crippen LogP contribution < -0.4 is 5.32 Å². The Hall–Kier alpha value is -2.55. The number of anilines is 1. The number of fused-ring (bicyclic) bond motifs is 3. The Kier molecular flexibility index (Phi) is 3.72. The first-order valence-electron chi connectivity index (χ1n) is 9.29. The van der Waals surface area contributed by atoms with Crippen LogP contribution in [-0.4, -0.2) is 9.78 Å². The third-order valence-corrected chi connectivity index (χ3v) is 5.23. The lowest BCUT2D eigenvalue weighted by Gasteiger charge is -2.31. The maximum atomic E-state index is 4.79. The van der Waals surface area contributed by atoms with Gasteiger partial charge >= 0.3 is 0 Å². The number of rotatable bonds is 1. The van der Waals surface area contributed by atoms with Crippen molar-refractivity contribution >= 4 is 5.69 Å². The Morgan fingerprint density at radius 3 is 2.31 bits per heavy atom. The standard InChI is InChI=1S/C23H27N3/c1-14-11-15(2)21-19(12-14)20-13-16(3)25-26(20)22(24-21)17-7-9-18(10-8-17)23(4,5)6/h7-13,22,24H,1-6H3. The van der Waals surface area contributed by atoms with E-state index in [0.29, 0.717) is 0 Å². The summed E-state index contributed by atoms with van der Waals surface area (Å²) in [5, 5.41) is 8.53. The van der Waals surface area contributed by atoms with E-state index >= 15 is 0 Å². The second-order valence-electron chi connectivity index (χ2n) is 8.54. The zero-order valence-electron chi connectivity index (χ0n) is 16.5. The predicted octanol–water partition coefficient (Wildman–Crippen LogP) is 5.75. The van der Waals surface area contributed by atoms with Crippen LogP contribution in [0, 0.1) is 20.8 Å². The molecule has 0 spiro atoms. The van der Waals surface area contributed by atoms with Crippen molar-refractivity contribution in [3.8, 4) is 11.3 Å². The van der Waals surface area contributed by atoms with Crippen LogP contribution >= 0.6 is 0 Å². The van der Waals surface area contributed by atoms with Crippen molar-refractivity contribution in [2.45, 2.75) is 53.1 Å². The second-order valence-corrected chi connectivity index (χ2v) is 8.54. The minimum absolute atomic E-state index is 0.0154. The molecule has 0 amide bonds. The summed E-state index contributed by atoms with van der Waals surface area (Å²) in [5.41, 5.74) is 9.99. The van der Waals surface area contributed by atoms with Crippen LogP contribution in [0.1, 0.15) is 54.9 Å². The maximum absolute atomic E-state index is 4.79. The molecular formula is C23H27N3. The third-order valence-electron chi connectivity index (χ3n) is 5.23. The molecular weight excluding hydrogens is 318 g/mol. The maximum Gasteiger partial charge on any atom is 0.147 e. The highest BCUT2D eigenvalue weighted by Crippen LogP contribution is 2.41. The fourth-order valence-electron chi connectivity index (χ4n) is 3.86. The number of aromatic nitrogens is 2. The Morgan fingerprint density at radius 2 is 1.65 bits per heavy atom. The Morgan fingerprint density at radius 1 is 0.962 bits per heavy atom. The molecule has 1 aromatic heterocycles. The zero-order chi connectivity index (χ0) is 18.6. The highest BCUT2D eigenvalue weighted by molar-refractivity contribution is 5.81. The molecule has 0 bridgehead atoms. The van der Waals surface area contributed by atoms with Crippen LogP contribution in [-0.2, 0) is 5.41 Å². The van der Waals surface area contributed by atoms with E-state index in [0.717, 1.165) is 5.69 Å². The zero-order valence-corrected chi connectivity index (χ0v) is 16.5. The van der Waals surface area contributed by atoms with Gasteiger partial charge in [-0.1, -0.05) is 56.7 Å². The van der Waals surface area contributed by atoms with E-state index in [-0.39, 0.29) is 11.6 Å². The molecule has 0 saturated carbocycles. The van der Waals surface area contributed by atoms with Crippen LogP contribution in [0.4, 0.5) is 5.69 Å². The number of nitrogens with one attached hydrogen (secondary N) is 1. The third kappa shape index (κ3) is 2.72. The first kappa shape index (κ1) is 16.9. The van der Waals surface area contributed by atoms with Crippen molar-refractivity contribution in [2.24, 2.45) is 0 Å². The molecule has 2 heterocycles. The Labute approximate surface area is 156 Å². The molecule has 26 heavy (non-hydrogen) atoms. The van der Waals surface area contributed by atoms with E-state index in [2.05, 4.69) is 94.0 Å². The molecule has 0 saturated heterocycles. The Balaban J connectivity index is 1.84. The van der Waals surface area contributed by atoms with Crippen molar-refractivity contribution in [2.75, 3.05) is 5.32 Å². The molecule has 2 aromatic carbocycles. The molecule has 4 rings (SSSR count). The second kappa shape index (κ2) is 5.73. The molecule has 0 aliphatic carbocycles. The highest BCUT2D eigenvalue weighted by atomic mass is 15.4. The average Bonchev–Trinajstić information content (AvgIpc) is 2.95. The van der Waals surface area contributed by atoms with Gasteiger partial charge in [0.2, 0.25) is 0 Å². The molecule has 3 aromatic rings. The lowest BCUT2D eigenvalue weighted by molar-refractivity contribution is 0.566. The van der Waals surface area contributed by atoms with Crippen molar-refractivity contribution < 1.29 is 0 Å². The topological polar surface area (TPSA) is 29.9 Å². The van der Waals surface area contributed by atoms with E-state index in [1.165, 1.54) is 39.2 Å². The lowest BCUT2D eigenvalue weighted by Crippen LogP contribution is -2.26. The van der Waals surface area contributed by atoms with E-state index in [9.17, 15) is 0 Å². The lowest BCUT2D eigenvalue weighted by atomic mass is 9.86. The van der Waals surface area contributed by atoms with Gasteiger partial charge < -0.3 is 5.32 Å². The number of nitrogens with zero attached hydrogens (tertiary/aromatic N) is 2. The summed E-state index contributed by atoms with van der Waals surface area (Å²) in [6, 6.07) is 15.6. The molecule has 134 valence electrons. The van der Waals surface area contributed by atoms with Gasteiger partial charge in [-0.05, 0) is 55.0 Å². The Bertz CT molecular complexity index is 972. The van der Waals surface area contributed by atoms with Gasteiger partial charge in [0.15, 0.2) is 0 Å². The molecule has 1 aliphatic rings. The first-order valence-corrected chi connectivity index (χ1v) is 9.29. The van der Waals surface area contributed by atoms with Crippen LogP contribution in [0.3, 0.4) is 0 Å². The molecule has 1 aliphatic heterocycles. The molecule has 3 nitrogen and oxygen atoms in total. The SMILES string of the molecule is Cc1cc(C)c2c(c1)-c1cc(C)nn1C(c1ccc(C(C)(C)C)cc1)N2. The van der Waals surface area contributed by atoms with Gasteiger partial charge in [0.25, 0.3) is 0 Å². The van der Waals surface area contributed by atoms with Gasteiger partial charge in [0.05, 0.1) is 11.4 Å². The largest absolute Gasteiger partial charge is 0.359 e. The summed E-state index contributed by atoms with van der Waals surface area (Å²) >= 11 is 0. The number of hydrogen-bond donors (Lipinski definition) is 1. The fourth-order valence-corrected chi connectivity index (χ4v) is 3.86. The predicted molar refractivity (Wildman–Crippen MR) is 109 cm³/mol. The van der Waals surface area contributed by atoms with Crippen molar-refractivity contribution in [3.63, 3.8) is 0 Å². The quantitative estimate of drug-likeness (QED) is 0.609. The van der Waals surface area contributed by atoms with E-state index < -0.39 is 0 Å². The highest BCUT2D eigenvalue weighted by Gasteiger charge is 2.28. The summed E-state index contributed by atoms with van der Waals surface area (Å²) in [7, 11) is 0. The molecule has 1 N–H and O–H groups in total. The molecule has 0 radical (unpaired) electrons. The van der Waals surface area contributed by atoms with Gasteiger partial charge in [0.1, 0.15) is 6.17 Å². The first-order chi connectivity index (χ1) is 12.2. The van der Waals surface area contributed by atoms with Gasteiger partial charge in [-0.3, -0.25) is 0 Å². The van der Waals surface area contributed by atoms with Crippen molar-refractivity contribution in [3.05, 3.63) is 70.4 Å². The number of benzene rings is 2. The van der Waals surface area contributed by atoms with Gasteiger partial charge in [-0.2, -0.15) is 5.10 Å². The van der Waals surface area contributed by atoms with E-state index in [1.807, 2.05) is 0 Å². The summed E-state index contributed by atoms with van der Waals surface area (Å²) in [5.74, 6) is 0. The average molecular weight is 345 g/mol. The summed E-state index contributed by atoms with van der Waals surface area (Å²) in [6.45, 7) is 13.1. The van der Waals surface area contributed by atoms with Crippen LogP contribution in [0.5, 0.6) is 0 Å². The van der Waals surface area contributed by atoms with Crippen LogP contribution in [0.25, 0.3) is 11.3 Å². The minimum Gasteiger partial charge on any atom is -0.359 e. The fraction of sp³-hybridized carbons (Fsp3) is 0.348. The molecule has 1 atom stereocenters.